The van der Waals surface area contributed by atoms with E-state index in [1.54, 1.807) is 7.11 Å². The molecule has 0 saturated carbocycles. The van der Waals surface area contributed by atoms with Gasteiger partial charge in [-0.25, -0.2) is 0 Å². The summed E-state index contributed by atoms with van der Waals surface area (Å²) in [6.07, 6.45) is 0. The third-order valence-electron chi connectivity index (χ3n) is 1.85. The van der Waals surface area contributed by atoms with Crippen LogP contribution in [-0.2, 0) is 0 Å². The minimum absolute atomic E-state index is 0.837. The Labute approximate surface area is 74.0 Å². The zero-order valence-electron chi connectivity index (χ0n) is 8.16. The number of quaternary nitrogens is 1. The van der Waals surface area contributed by atoms with Crippen LogP contribution in [0.4, 0.5) is 5.69 Å². The largest absolute Gasteiger partial charge is 0.497 e. The molecule has 0 bridgehead atoms. The van der Waals surface area contributed by atoms with E-state index in [4.69, 9.17) is 4.74 Å². The Balaban J connectivity index is 2.93. The number of hydrogen-bond acceptors (Lipinski definition) is 1. The molecule has 1 rings (SSSR count). The van der Waals surface area contributed by atoms with Crippen molar-refractivity contribution < 1.29 is 4.74 Å². The van der Waals surface area contributed by atoms with Gasteiger partial charge in [0.25, 0.3) is 0 Å². The van der Waals surface area contributed by atoms with Gasteiger partial charge in [0.05, 0.1) is 28.3 Å². The van der Waals surface area contributed by atoms with Crippen LogP contribution in [0.3, 0.4) is 0 Å². The Kier molecular flexibility index (Phi) is 2.38. The predicted molar refractivity (Wildman–Crippen MR) is 52.6 cm³/mol. The van der Waals surface area contributed by atoms with E-state index in [1.165, 1.54) is 5.69 Å². The quantitative estimate of drug-likeness (QED) is 0.610. The van der Waals surface area contributed by atoms with Crippen LogP contribution in [0.5, 0.6) is 5.75 Å². The zero-order valence-corrected chi connectivity index (χ0v) is 8.16. The topological polar surface area (TPSA) is 9.23 Å². The van der Waals surface area contributed by atoms with Crippen LogP contribution in [0.1, 0.15) is 0 Å². The van der Waals surface area contributed by atoms with E-state index in [2.05, 4.69) is 33.3 Å². The second kappa shape index (κ2) is 3.15. The van der Waals surface area contributed by atoms with E-state index in [0.29, 0.717) is 0 Å². The van der Waals surface area contributed by atoms with Crippen LogP contribution < -0.4 is 9.22 Å². The Morgan fingerprint density at radius 1 is 1.00 bits per heavy atom. The van der Waals surface area contributed by atoms with Gasteiger partial charge >= 0.3 is 0 Å². The summed E-state index contributed by atoms with van der Waals surface area (Å²) in [6, 6.07) is 8.13. The van der Waals surface area contributed by atoms with Crippen LogP contribution in [0.25, 0.3) is 0 Å². The van der Waals surface area contributed by atoms with Crippen molar-refractivity contribution in [2.45, 2.75) is 0 Å². The zero-order chi connectivity index (χ0) is 9.19. The van der Waals surface area contributed by atoms with Crippen LogP contribution in [0.15, 0.2) is 24.3 Å². The third-order valence-corrected chi connectivity index (χ3v) is 1.85. The summed E-state index contributed by atoms with van der Waals surface area (Å²) in [5, 5.41) is 0. The standard InChI is InChI=1S/C10H16NO/c1-11(2,3)9-5-7-10(12-4)8-6-9/h5-8H,1-4H3/q+1. The smallest absolute Gasteiger partial charge is 0.132 e. The Morgan fingerprint density at radius 3 is 1.83 bits per heavy atom. The third kappa shape index (κ3) is 1.98. The lowest BCUT2D eigenvalue weighted by molar-refractivity contribution is 0.413. The molecular formula is C10H16NO+. The number of nitrogens with zero attached hydrogens (tertiary/aromatic N) is 1. The summed E-state index contributed by atoms with van der Waals surface area (Å²) in [6.45, 7) is 0. The maximum absolute atomic E-state index is 5.07. The lowest BCUT2D eigenvalue weighted by Gasteiger charge is -2.23. The van der Waals surface area contributed by atoms with Crippen molar-refractivity contribution in [1.82, 2.24) is 4.48 Å². The van der Waals surface area contributed by atoms with Crippen LogP contribution in [0.2, 0.25) is 0 Å². The van der Waals surface area contributed by atoms with E-state index < -0.39 is 0 Å². The molecule has 0 heterocycles. The minimum Gasteiger partial charge on any atom is -0.497 e. The molecule has 0 saturated heterocycles. The van der Waals surface area contributed by atoms with Gasteiger partial charge in [-0.2, -0.15) is 0 Å². The molecular weight excluding hydrogens is 150 g/mol. The highest BCUT2D eigenvalue weighted by Gasteiger charge is 2.10. The summed E-state index contributed by atoms with van der Waals surface area (Å²) in [7, 11) is 8.10. The van der Waals surface area contributed by atoms with Gasteiger partial charge in [-0.1, -0.05) is 0 Å². The summed E-state index contributed by atoms with van der Waals surface area (Å²) in [5.74, 6) is 0.909. The summed E-state index contributed by atoms with van der Waals surface area (Å²) < 4.78 is 5.91. The molecule has 0 fully saturated rings. The van der Waals surface area contributed by atoms with Crippen molar-refractivity contribution in [3.05, 3.63) is 24.3 Å². The fraction of sp³-hybridized carbons (Fsp3) is 0.400. The number of rotatable bonds is 2. The first kappa shape index (κ1) is 9.07. The molecule has 0 spiro atoms. The second-order valence-corrected chi connectivity index (χ2v) is 3.71. The number of hydrogen-bond donors (Lipinski definition) is 0. The van der Waals surface area contributed by atoms with Gasteiger partial charge in [-0.3, -0.25) is 4.48 Å². The Bertz CT molecular complexity index is 246. The van der Waals surface area contributed by atoms with E-state index in [0.717, 1.165) is 10.2 Å². The summed E-state index contributed by atoms with van der Waals surface area (Å²) in [4.78, 5) is 0. The molecule has 0 aliphatic heterocycles. The molecule has 0 amide bonds. The van der Waals surface area contributed by atoms with Crippen LogP contribution >= 0.6 is 0 Å². The molecule has 12 heavy (non-hydrogen) atoms. The molecule has 66 valence electrons. The Morgan fingerprint density at radius 2 is 1.50 bits per heavy atom. The van der Waals surface area contributed by atoms with Crippen molar-refractivity contribution in [1.29, 1.82) is 0 Å². The highest BCUT2D eigenvalue weighted by molar-refractivity contribution is 5.44. The highest BCUT2D eigenvalue weighted by atomic mass is 16.5. The fourth-order valence-corrected chi connectivity index (χ4v) is 1.03. The number of ether oxygens (including phenoxy) is 1. The first-order valence-electron chi connectivity index (χ1n) is 4.00. The van der Waals surface area contributed by atoms with E-state index in [-0.39, 0.29) is 0 Å². The molecule has 0 aliphatic rings. The van der Waals surface area contributed by atoms with Gasteiger partial charge in [0, 0.05) is 12.1 Å². The van der Waals surface area contributed by atoms with Crippen molar-refractivity contribution in [3.63, 3.8) is 0 Å². The lowest BCUT2D eigenvalue weighted by atomic mass is 10.2. The molecule has 0 aromatic heterocycles. The van der Waals surface area contributed by atoms with E-state index in [9.17, 15) is 0 Å². The molecule has 1 aromatic rings. The van der Waals surface area contributed by atoms with Gasteiger partial charge < -0.3 is 4.74 Å². The highest BCUT2D eigenvalue weighted by Crippen LogP contribution is 2.20. The SMILES string of the molecule is COc1ccc([N+](C)(C)C)cc1. The molecule has 0 atom stereocenters. The molecule has 0 unspecified atom stereocenters. The van der Waals surface area contributed by atoms with Crippen molar-refractivity contribution in [2.75, 3.05) is 28.3 Å². The Hall–Kier alpha value is -1.02. The number of methoxy groups -OCH3 is 1. The van der Waals surface area contributed by atoms with E-state index in [1.807, 2.05) is 12.1 Å². The van der Waals surface area contributed by atoms with Gasteiger partial charge in [0.1, 0.15) is 11.4 Å². The molecule has 0 radical (unpaired) electrons. The fourth-order valence-electron chi connectivity index (χ4n) is 1.03. The molecule has 2 heteroatoms. The van der Waals surface area contributed by atoms with Gasteiger partial charge in [-0.15, -0.1) is 0 Å². The van der Waals surface area contributed by atoms with Crippen LogP contribution in [-0.4, -0.2) is 28.3 Å². The average Bonchev–Trinajstić information content (AvgIpc) is 2.03. The maximum atomic E-state index is 5.07. The van der Waals surface area contributed by atoms with Crippen molar-refractivity contribution in [3.8, 4) is 5.75 Å². The van der Waals surface area contributed by atoms with Gasteiger partial charge in [0.2, 0.25) is 0 Å². The van der Waals surface area contributed by atoms with Crippen molar-refractivity contribution >= 4 is 5.69 Å². The molecule has 1 aromatic carbocycles. The second-order valence-electron chi connectivity index (χ2n) is 3.71. The monoisotopic (exact) mass is 166 g/mol. The van der Waals surface area contributed by atoms with Crippen LogP contribution in [0, 0.1) is 0 Å². The van der Waals surface area contributed by atoms with Crippen molar-refractivity contribution in [2.24, 2.45) is 0 Å². The summed E-state index contributed by atoms with van der Waals surface area (Å²) >= 11 is 0. The maximum Gasteiger partial charge on any atom is 0.132 e. The predicted octanol–water partition coefficient (Wildman–Crippen LogP) is 1.89. The average molecular weight is 166 g/mol. The minimum atomic E-state index is 0.837. The van der Waals surface area contributed by atoms with Gasteiger partial charge in [0.15, 0.2) is 0 Å². The van der Waals surface area contributed by atoms with E-state index >= 15 is 0 Å². The lowest BCUT2D eigenvalue weighted by Crippen LogP contribution is -2.34. The first-order chi connectivity index (χ1) is 5.54. The summed E-state index contributed by atoms with van der Waals surface area (Å²) in [5.41, 5.74) is 1.27. The molecule has 0 N–H and O–H groups in total. The normalized spacial score (nSPS) is 11.3. The van der Waals surface area contributed by atoms with Gasteiger partial charge in [-0.05, 0) is 12.1 Å². The molecule has 2 nitrogen and oxygen atoms in total. The number of benzene rings is 1. The molecule has 0 aliphatic carbocycles. The first-order valence-corrected chi connectivity index (χ1v) is 4.00.